The zero-order valence-electron chi connectivity index (χ0n) is 14.3. The molecular formula is C20H16N4O2S. The van der Waals surface area contributed by atoms with Gasteiger partial charge in [0.05, 0.1) is 17.8 Å². The Kier molecular flexibility index (Phi) is 5.02. The molecule has 0 aliphatic heterocycles. The Balaban J connectivity index is 1.46. The average molecular weight is 376 g/mol. The third kappa shape index (κ3) is 4.09. The Labute approximate surface area is 160 Å². The first-order valence-electron chi connectivity index (χ1n) is 8.39. The van der Waals surface area contributed by atoms with Crippen molar-refractivity contribution < 1.29 is 9.53 Å². The van der Waals surface area contributed by atoms with Crippen molar-refractivity contribution in [1.29, 1.82) is 0 Å². The lowest BCUT2D eigenvalue weighted by atomic mass is 10.0. The summed E-state index contributed by atoms with van der Waals surface area (Å²) in [6, 6.07) is 18.7. The van der Waals surface area contributed by atoms with Crippen LogP contribution in [0.2, 0.25) is 0 Å². The van der Waals surface area contributed by atoms with Gasteiger partial charge in [-0.1, -0.05) is 36.4 Å². The monoisotopic (exact) mass is 376 g/mol. The van der Waals surface area contributed by atoms with Crippen LogP contribution in [-0.2, 0) is 4.79 Å². The summed E-state index contributed by atoms with van der Waals surface area (Å²) in [5, 5.41) is 3.02. The summed E-state index contributed by atoms with van der Waals surface area (Å²) in [4.78, 5) is 16.7. The van der Waals surface area contributed by atoms with E-state index >= 15 is 0 Å². The lowest BCUT2D eigenvalue weighted by Crippen LogP contribution is -2.33. The SMILES string of the molecule is O=C(COc1ccc2nsnc2c1)N[C@@H](c1ccccc1)c1cccnc1. The lowest BCUT2D eigenvalue weighted by Gasteiger charge is -2.19. The van der Waals surface area contributed by atoms with Crippen LogP contribution in [-0.4, -0.2) is 26.2 Å². The fourth-order valence-electron chi connectivity index (χ4n) is 2.75. The van der Waals surface area contributed by atoms with E-state index in [1.54, 1.807) is 24.5 Å². The molecule has 0 spiro atoms. The summed E-state index contributed by atoms with van der Waals surface area (Å²) < 4.78 is 14.0. The van der Waals surface area contributed by atoms with Crippen LogP contribution in [0.25, 0.3) is 11.0 Å². The van der Waals surface area contributed by atoms with Gasteiger partial charge in [-0.3, -0.25) is 9.78 Å². The van der Waals surface area contributed by atoms with Gasteiger partial charge in [0.1, 0.15) is 16.8 Å². The molecule has 4 aromatic rings. The van der Waals surface area contributed by atoms with Crippen molar-refractivity contribution in [2.24, 2.45) is 0 Å². The van der Waals surface area contributed by atoms with E-state index in [0.29, 0.717) is 5.75 Å². The Morgan fingerprint density at radius 2 is 1.81 bits per heavy atom. The van der Waals surface area contributed by atoms with Crippen molar-refractivity contribution in [3.05, 3.63) is 84.2 Å². The van der Waals surface area contributed by atoms with E-state index in [0.717, 1.165) is 33.9 Å². The maximum Gasteiger partial charge on any atom is 0.258 e. The highest BCUT2D eigenvalue weighted by atomic mass is 32.1. The molecule has 7 heteroatoms. The average Bonchev–Trinajstić information content (AvgIpc) is 3.20. The van der Waals surface area contributed by atoms with E-state index in [4.69, 9.17) is 4.74 Å². The minimum absolute atomic E-state index is 0.0906. The van der Waals surface area contributed by atoms with Gasteiger partial charge >= 0.3 is 0 Å². The van der Waals surface area contributed by atoms with Crippen molar-refractivity contribution in [2.75, 3.05) is 6.61 Å². The fourth-order valence-corrected chi connectivity index (χ4v) is 3.27. The van der Waals surface area contributed by atoms with Crippen molar-refractivity contribution in [3.8, 4) is 5.75 Å². The summed E-state index contributed by atoms with van der Waals surface area (Å²) >= 11 is 1.15. The number of nitrogens with zero attached hydrogens (tertiary/aromatic N) is 3. The second-order valence-corrected chi connectivity index (χ2v) is 6.43. The molecule has 2 aromatic carbocycles. The van der Waals surface area contributed by atoms with Gasteiger partial charge in [0.15, 0.2) is 6.61 Å². The van der Waals surface area contributed by atoms with Crippen molar-refractivity contribution in [2.45, 2.75) is 6.04 Å². The molecule has 1 atom stereocenters. The van der Waals surface area contributed by atoms with Gasteiger partial charge in [-0.2, -0.15) is 8.75 Å². The molecule has 0 radical (unpaired) electrons. The van der Waals surface area contributed by atoms with Crippen LogP contribution in [0.1, 0.15) is 17.2 Å². The topological polar surface area (TPSA) is 77.0 Å². The number of carbonyl (C=O) groups is 1. The quantitative estimate of drug-likeness (QED) is 0.558. The molecule has 1 amide bonds. The van der Waals surface area contributed by atoms with Crippen molar-refractivity contribution in [3.63, 3.8) is 0 Å². The molecule has 6 nitrogen and oxygen atoms in total. The summed E-state index contributed by atoms with van der Waals surface area (Å²) in [7, 11) is 0. The number of aromatic nitrogens is 3. The summed E-state index contributed by atoms with van der Waals surface area (Å²) in [5.74, 6) is 0.368. The molecule has 0 aliphatic carbocycles. The first-order valence-corrected chi connectivity index (χ1v) is 9.12. The van der Waals surface area contributed by atoms with Gasteiger partial charge < -0.3 is 10.1 Å². The standard InChI is InChI=1S/C20H16N4O2S/c25-19(13-26-16-8-9-17-18(11-16)24-27-23-17)22-20(14-5-2-1-3-6-14)15-7-4-10-21-12-15/h1-12,20H,13H2,(H,22,25)/t20-/m0/s1. The van der Waals surface area contributed by atoms with Gasteiger partial charge in [0, 0.05) is 18.5 Å². The first kappa shape index (κ1) is 17.1. The van der Waals surface area contributed by atoms with E-state index in [2.05, 4.69) is 19.0 Å². The normalized spacial score (nSPS) is 11.9. The molecule has 0 bridgehead atoms. The van der Waals surface area contributed by atoms with Crippen LogP contribution in [0, 0.1) is 0 Å². The molecule has 2 aromatic heterocycles. The van der Waals surface area contributed by atoms with Gasteiger partial charge in [-0.15, -0.1) is 0 Å². The fraction of sp³-hybridized carbons (Fsp3) is 0.100. The smallest absolute Gasteiger partial charge is 0.258 e. The number of hydrogen-bond acceptors (Lipinski definition) is 6. The van der Waals surface area contributed by atoms with Gasteiger partial charge in [0.2, 0.25) is 0 Å². The molecule has 4 rings (SSSR count). The number of benzene rings is 2. The first-order chi connectivity index (χ1) is 13.3. The summed E-state index contributed by atoms with van der Waals surface area (Å²) in [6.07, 6.45) is 3.46. The molecule has 0 saturated heterocycles. The summed E-state index contributed by atoms with van der Waals surface area (Å²) in [6.45, 7) is -0.0906. The number of hydrogen-bond donors (Lipinski definition) is 1. The van der Waals surface area contributed by atoms with E-state index in [1.165, 1.54) is 0 Å². The van der Waals surface area contributed by atoms with Crippen LogP contribution in [0.5, 0.6) is 5.75 Å². The molecule has 0 saturated carbocycles. The maximum absolute atomic E-state index is 12.5. The van der Waals surface area contributed by atoms with Crippen LogP contribution >= 0.6 is 11.7 Å². The van der Waals surface area contributed by atoms with Gasteiger partial charge in [0.25, 0.3) is 5.91 Å². The number of ether oxygens (including phenoxy) is 1. The Morgan fingerprint density at radius 3 is 2.63 bits per heavy atom. The van der Waals surface area contributed by atoms with Crippen molar-refractivity contribution >= 4 is 28.7 Å². The third-order valence-electron chi connectivity index (χ3n) is 4.05. The highest BCUT2D eigenvalue weighted by molar-refractivity contribution is 7.00. The molecule has 0 unspecified atom stereocenters. The van der Waals surface area contributed by atoms with Crippen LogP contribution in [0.15, 0.2) is 73.1 Å². The summed E-state index contributed by atoms with van der Waals surface area (Å²) in [5.41, 5.74) is 3.47. The molecular weight excluding hydrogens is 360 g/mol. The van der Waals surface area contributed by atoms with Gasteiger partial charge in [-0.25, -0.2) is 0 Å². The Morgan fingerprint density at radius 1 is 1.00 bits per heavy atom. The largest absolute Gasteiger partial charge is 0.484 e. The zero-order chi connectivity index (χ0) is 18.5. The second kappa shape index (κ2) is 7.92. The molecule has 27 heavy (non-hydrogen) atoms. The second-order valence-electron chi connectivity index (χ2n) is 5.90. The van der Waals surface area contributed by atoms with E-state index in [9.17, 15) is 4.79 Å². The molecule has 2 heterocycles. The van der Waals surface area contributed by atoms with E-state index in [1.807, 2.05) is 48.5 Å². The lowest BCUT2D eigenvalue weighted by molar-refractivity contribution is -0.123. The predicted octanol–water partition coefficient (Wildman–Crippen LogP) is 3.37. The number of amides is 1. The maximum atomic E-state index is 12.5. The third-order valence-corrected chi connectivity index (χ3v) is 4.61. The number of pyridine rings is 1. The Hall–Kier alpha value is -3.32. The molecule has 1 N–H and O–H groups in total. The van der Waals surface area contributed by atoms with Crippen LogP contribution in [0.3, 0.4) is 0 Å². The van der Waals surface area contributed by atoms with E-state index < -0.39 is 0 Å². The number of carbonyl (C=O) groups excluding carboxylic acids is 1. The predicted molar refractivity (Wildman–Crippen MR) is 104 cm³/mol. The number of fused-ring (bicyclic) bond motifs is 1. The highest BCUT2D eigenvalue weighted by Gasteiger charge is 2.17. The Bertz CT molecular complexity index is 998. The van der Waals surface area contributed by atoms with Gasteiger partial charge in [-0.05, 0) is 29.3 Å². The molecule has 0 aliphatic rings. The minimum atomic E-state index is -0.291. The van der Waals surface area contributed by atoms with Crippen LogP contribution < -0.4 is 10.1 Å². The minimum Gasteiger partial charge on any atom is -0.484 e. The highest BCUT2D eigenvalue weighted by Crippen LogP contribution is 2.22. The number of nitrogens with one attached hydrogen (secondary N) is 1. The van der Waals surface area contributed by atoms with Crippen LogP contribution in [0.4, 0.5) is 0 Å². The van der Waals surface area contributed by atoms with E-state index in [-0.39, 0.29) is 18.6 Å². The number of rotatable bonds is 6. The molecule has 0 fully saturated rings. The zero-order valence-corrected chi connectivity index (χ0v) is 15.1. The molecule has 134 valence electrons. The van der Waals surface area contributed by atoms with Crippen molar-refractivity contribution in [1.82, 2.24) is 19.0 Å².